The molecule has 0 radical (unpaired) electrons. The van der Waals surface area contributed by atoms with Crippen LogP contribution in [-0.2, 0) is 0 Å². The van der Waals surface area contributed by atoms with Gasteiger partial charge in [0.2, 0.25) is 5.78 Å². The number of carbonyl (C=O) groups is 1. The normalized spacial score (nSPS) is 15.4. The molecular weight excluding hydrogens is 310 g/mol. The molecule has 1 aliphatic rings. The fourth-order valence-corrected chi connectivity index (χ4v) is 3.12. The standard InChI is InChI=1S/C19H23NO2.ClH/c1-19(2,14-20-12-6-7-13-20)18(21)17-11-10-16(22-17)15-8-4-3-5-9-15;/h3-5,8-11H,6-7,12-14H2,1-2H3;1H. The molecular formula is C19H24ClNO2. The molecule has 0 saturated carbocycles. The molecule has 0 amide bonds. The van der Waals surface area contributed by atoms with E-state index < -0.39 is 5.41 Å². The van der Waals surface area contributed by atoms with E-state index in [0.717, 1.165) is 31.0 Å². The van der Waals surface area contributed by atoms with Gasteiger partial charge in [0.1, 0.15) is 5.76 Å². The summed E-state index contributed by atoms with van der Waals surface area (Å²) >= 11 is 0. The van der Waals surface area contributed by atoms with E-state index in [-0.39, 0.29) is 18.2 Å². The summed E-state index contributed by atoms with van der Waals surface area (Å²) in [5, 5.41) is 0. The fraction of sp³-hybridized carbons (Fsp3) is 0.421. The number of halogens is 1. The third-order valence-electron chi connectivity index (χ3n) is 4.32. The van der Waals surface area contributed by atoms with Gasteiger partial charge in [0, 0.05) is 17.5 Å². The molecule has 124 valence electrons. The molecule has 0 unspecified atom stereocenters. The molecule has 1 saturated heterocycles. The quantitative estimate of drug-likeness (QED) is 0.745. The lowest BCUT2D eigenvalue weighted by atomic mass is 9.86. The molecule has 3 rings (SSSR count). The van der Waals surface area contributed by atoms with Gasteiger partial charge in [-0.25, -0.2) is 0 Å². The van der Waals surface area contributed by atoms with Gasteiger partial charge in [0.15, 0.2) is 5.76 Å². The number of hydrogen-bond donors (Lipinski definition) is 0. The minimum Gasteiger partial charge on any atom is -0.453 e. The molecule has 1 aliphatic heterocycles. The summed E-state index contributed by atoms with van der Waals surface area (Å²) in [5.74, 6) is 1.30. The van der Waals surface area contributed by atoms with Crippen LogP contribution < -0.4 is 0 Å². The van der Waals surface area contributed by atoms with Crippen LogP contribution in [0.2, 0.25) is 0 Å². The molecule has 0 spiro atoms. The average molecular weight is 334 g/mol. The Bertz CT molecular complexity index is 642. The van der Waals surface area contributed by atoms with Crippen LogP contribution in [0.4, 0.5) is 0 Å². The van der Waals surface area contributed by atoms with Crippen LogP contribution in [0.1, 0.15) is 37.2 Å². The molecule has 4 heteroatoms. The average Bonchev–Trinajstić information content (AvgIpc) is 3.18. The van der Waals surface area contributed by atoms with Gasteiger partial charge in [0.05, 0.1) is 0 Å². The second kappa shape index (κ2) is 7.33. The molecule has 0 bridgehead atoms. The summed E-state index contributed by atoms with van der Waals surface area (Å²) in [5.41, 5.74) is 0.578. The van der Waals surface area contributed by atoms with Crippen molar-refractivity contribution in [3.63, 3.8) is 0 Å². The van der Waals surface area contributed by atoms with Crippen LogP contribution >= 0.6 is 12.4 Å². The van der Waals surface area contributed by atoms with Crippen molar-refractivity contribution < 1.29 is 9.21 Å². The van der Waals surface area contributed by atoms with Crippen LogP contribution in [0.5, 0.6) is 0 Å². The summed E-state index contributed by atoms with van der Waals surface area (Å²) in [6.45, 7) is 7.03. The number of carbonyl (C=O) groups excluding carboxylic acids is 1. The van der Waals surface area contributed by atoms with E-state index >= 15 is 0 Å². The maximum absolute atomic E-state index is 12.8. The van der Waals surface area contributed by atoms with Gasteiger partial charge in [-0.1, -0.05) is 44.2 Å². The van der Waals surface area contributed by atoms with Gasteiger partial charge < -0.3 is 9.32 Å². The van der Waals surface area contributed by atoms with Gasteiger partial charge in [-0.05, 0) is 38.1 Å². The molecule has 0 N–H and O–H groups in total. The Balaban J connectivity index is 0.00000192. The third-order valence-corrected chi connectivity index (χ3v) is 4.32. The first-order chi connectivity index (χ1) is 10.6. The zero-order chi connectivity index (χ0) is 15.6. The van der Waals surface area contributed by atoms with Crippen molar-refractivity contribution in [3.8, 4) is 11.3 Å². The zero-order valence-corrected chi connectivity index (χ0v) is 14.6. The number of furan rings is 1. The molecule has 2 aromatic rings. The lowest BCUT2D eigenvalue weighted by Gasteiger charge is -2.27. The first kappa shape index (κ1) is 17.8. The van der Waals surface area contributed by atoms with E-state index in [0.29, 0.717) is 5.76 Å². The maximum atomic E-state index is 12.8. The van der Waals surface area contributed by atoms with Crippen molar-refractivity contribution in [2.45, 2.75) is 26.7 Å². The highest BCUT2D eigenvalue weighted by Gasteiger charge is 2.33. The lowest BCUT2D eigenvalue weighted by Crippen LogP contribution is -2.37. The van der Waals surface area contributed by atoms with Gasteiger partial charge in [-0.3, -0.25) is 4.79 Å². The predicted molar refractivity (Wildman–Crippen MR) is 95.2 cm³/mol. The van der Waals surface area contributed by atoms with Crippen molar-refractivity contribution in [3.05, 3.63) is 48.2 Å². The Morgan fingerprint density at radius 3 is 2.39 bits per heavy atom. The molecule has 3 nitrogen and oxygen atoms in total. The van der Waals surface area contributed by atoms with Crippen molar-refractivity contribution >= 4 is 18.2 Å². The van der Waals surface area contributed by atoms with E-state index in [9.17, 15) is 4.79 Å². The Hall–Kier alpha value is -1.58. The van der Waals surface area contributed by atoms with Gasteiger partial charge >= 0.3 is 0 Å². The van der Waals surface area contributed by atoms with Crippen LogP contribution in [0.3, 0.4) is 0 Å². The summed E-state index contributed by atoms with van der Waals surface area (Å²) in [4.78, 5) is 15.2. The molecule has 1 fully saturated rings. The number of likely N-dealkylation sites (tertiary alicyclic amines) is 1. The SMILES string of the molecule is CC(C)(CN1CCCC1)C(=O)c1ccc(-c2ccccc2)o1.Cl. The molecule has 0 aliphatic carbocycles. The number of hydrogen-bond acceptors (Lipinski definition) is 3. The lowest BCUT2D eigenvalue weighted by molar-refractivity contribution is 0.0753. The van der Waals surface area contributed by atoms with Gasteiger partial charge in [-0.2, -0.15) is 0 Å². The molecule has 23 heavy (non-hydrogen) atoms. The van der Waals surface area contributed by atoms with E-state index in [4.69, 9.17) is 4.42 Å². The van der Waals surface area contributed by atoms with Crippen LogP contribution in [0, 0.1) is 5.41 Å². The molecule has 2 heterocycles. The highest BCUT2D eigenvalue weighted by atomic mass is 35.5. The van der Waals surface area contributed by atoms with Crippen molar-refractivity contribution in [2.24, 2.45) is 5.41 Å². The highest BCUT2D eigenvalue weighted by molar-refractivity contribution is 5.98. The third kappa shape index (κ3) is 4.04. The Labute approximate surface area is 144 Å². The van der Waals surface area contributed by atoms with E-state index in [1.165, 1.54) is 12.8 Å². The number of nitrogens with zero attached hydrogens (tertiary/aromatic N) is 1. The molecule has 1 aromatic carbocycles. The largest absolute Gasteiger partial charge is 0.453 e. The summed E-state index contributed by atoms with van der Waals surface area (Å²) in [7, 11) is 0. The zero-order valence-electron chi connectivity index (χ0n) is 13.7. The monoisotopic (exact) mass is 333 g/mol. The van der Waals surface area contributed by atoms with Crippen LogP contribution in [0.25, 0.3) is 11.3 Å². The highest BCUT2D eigenvalue weighted by Crippen LogP contribution is 2.29. The van der Waals surface area contributed by atoms with Crippen molar-refractivity contribution in [1.82, 2.24) is 4.90 Å². The maximum Gasteiger partial charge on any atom is 0.204 e. The minimum atomic E-state index is -0.420. The van der Waals surface area contributed by atoms with E-state index in [2.05, 4.69) is 4.90 Å². The molecule has 1 aromatic heterocycles. The van der Waals surface area contributed by atoms with Gasteiger partial charge in [0.25, 0.3) is 0 Å². The van der Waals surface area contributed by atoms with Crippen molar-refractivity contribution in [1.29, 1.82) is 0 Å². The van der Waals surface area contributed by atoms with Crippen LogP contribution in [0.15, 0.2) is 46.9 Å². The van der Waals surface area contributed by atoms with Crippen LogP contribution in [-0.4, -0.2) is 30.3 Å². The number of benzene rings is 1. The topological polar surface area (TPSA) is 33.5 Å². The van der Waals surface area contributed by atoms with Gasteiger partial charge in [-0.15, -0.1) is 12.4 Å². The second-order valence-corrected chi connectivity index (χ2v) is 6.73. The second-order valence-electron chi connectivity index (χ2n) is 6.73. The van der Waals surface area contributed by atoms with E-state index in [1.54, 1.807) is 6.07 Å². The van der Waals surface area contributed by atoms with Crippen molar-refractivity contribution in [2.75, 3.05) is 19.6 Å². The molecule has 0 atom stereocenters. The van der Waals surface area contributed by atoms with E-state index in [1.807, 2.05) is 50.2 Å². The first-order valence-electron chi connectivity index (χ1n) is 7.99. The first-order valence-corrected chi connectivity index (χ1v) is 7.99. The Kier molecular flexibility index (Phi) is 5.66. The Morgan fingerprint density at radius 2 is 1.74 bits per heavy atom. The number of rotatable bonds is 5. The fourth-order valence-electron chi connectivity index (χ4n) is 3.12. The predicted octanol–water partition coefficient (Wildman–Crippen LogP) is 4.67. The Morgan fingerprint density at radius 1 is 1.09 bits per heavy atom. The summed E-state index contributed by atoms with van der Waals surface area (Å²) in [6, 6.07) is 13.6. The summed E-state index contributed by atoms with van der Waals surface area (Å²) in [6.07, 6.45) is 2.48. The number of Topliss-reactive ketones (excluding diaryl/α,β-unsaturated/α-hetero) is 1. The minimum absolute atomic E-state index is 0. The number of ketones is 1. The summed E-state index contributed by atoms with van der Waals surface area (Å²) < 4.78 is 5.81. The smallest absolute Gasteiger partial charge is 0.204 e.